The van der Waals surface area contributed by atoms with E-state index in [2.05, 4.69) is 26.6 Å². The summed E-state index contributed by atoms with van der Waals surface area (Å²) in [6, 6.07) is 3.79. The van der Waals surface area contributed by atoms with E-state index in [1.54, 1.807) is 12.4 Å². The van der Waals surface area contributed by atoms with Crippen LogP contribution in [0.1, 0.15) is 5.56 Å². The number of carbonyl (C=O) groups is 1. The lowest BCUT2D eigenvalue weighted by molar-refractivity contribution is -0.117. The number of nitrogens with one attached hydrogen (secondary N) is 2. The zero-order chi connectivity index (χ0) is 13.1. The second kappa shape index (κ2) is 5.46. The molecule has 0 atom stereocenters. The summed E-state index contributed by atoms with van der Waals surface area (Å²) in [4.78, 5) is 18.8. The van der Waals surface area contributed by atoms with Crippen LogP contribution in [0.25, 0.3) is 0 Å². The number of carbonyl (C=O) groups excluding carboxylic acids is 1. The van der Waals surface area contributed by atoms with Crippen molar-refractivity contribution < 1.29 is 4.79 Å². The Balaban J connectivity index is 1.60. The lowest BCUT2D eigenvalue weighted by Gasteiger charge is -2.21. The molecule has 0 radical (unpaired) electrons. The van der Waals surface area contributed by atoms with Gasteiger partial charge in [-0.1, -0.05) is 11.8 Å². The van der Waals surface area contributed by atoms with E-state index >= 15 is 0 Å². The first-order chi connectivity index (χ1) is 9.33. The van der Waals surface area contributed by atoms with Gasteiger partial charge in [-0.2, -0.15) is 0 Å². The third-order valence-corrected chi connectivity index (χ3v) is 4.02. The molecule has 1 aromatic heterocycles. The van der Waals surface area contributed by atoms with Gasteiger partial charge in [0.1, 0.15) is 0 Å². The van der Waals surface area contributed by atoms with Crippen LogP contribution in [0.4, 0.5) is 0 Å². The molecule has 5 nitrogen and oxygen atoms in total. The van der Waals surface area contributed by atoms with Gasteiger partial charge < -0.3 is 10.2 Å². The Kier molecular flexibility index (Phi) is 3.52. The minimum Gasteiger partial charge on any atom is -0.347 e. The third kappa shape index (κ3) is 2.80. The van der Waals surface area contributed by atoms with Crippen LogP contribution in [0, 0.1) is 0 Å². The summed E-state index contributed by atoms with van der Waals surface area (Å²) in [6.45, 7) is 2.15. The van der Waals surface area contributed by atoms with E-state index in [-0.39, 0.29) is 5.91 Å². The van der Waals surface area contributed by atoms with Gasteiger partial charge in [0.25, 0.3) is 5.91 Å². The minimum atomic E-state index is -0.0305. The first-order valence-electron chi connectivity index (χ1n) is 6.07. The molecule has 0 saturated heterocycles. The molecule has 2 N–H and O–H groups in total. The Bertz CT molecular complexity index is 541. The fourth-order valence-corrected chi connectivity index (χ4v) is 2.88. The summed E-state index contributed by atoms with van der Waals surface area (Å²) >= 11 is 1.52. The van der Waals surface area contributed by atoms with Gasteiger partial charge >= 0.3 is 0 Å². The number of fused-ring (bicyclic) bond motifs is 1. The molecule has 0 spiro atoms. The second-order valence-electron chi connectivity index (χ2n) is 4.26. The van der Waals surface area contributed by atoms with Crippen LogP contribution in [-0.2, 0) is 11.3 Å². The lowest BCUT2D eigenvalue weighted by atomic mass is 10.3. The molecule has 3 heterocycles. The van der Waals surface area contributed by atoms with Gasteiger partial charge in [0.05, 0.1) is 16.6 Å². The summed E-state index contributed by atoms with van der Waals surface area (Å²) in [5, 5.41) is 7.28. The number of hydrogen-bond acceptors (Lipinski definition) is 5. The van der Waals surface area contributed by atoms with Crippen LogP contribution in [-0.4, -0.2) is 29.0 Å². The smallest absolute Gasteiger partial charge is 0.259 e. The quantitative estimate of drug-likeness (QED) is 0.861. The van der Waals surface area contributed by atoms with Gasteiger partial charge in [-0.05, 0) is 23.8 Å². The number of aromatic nitrogens is 1. The average Bonchev–Trinajstić information content (AvgIpc) is 2.90. The molecule has 0 aliphatic carbocycles. The topological polar surface area (TPSA) is 57.3 Å². The van der Waals surface area contributed by atoms with Crippen LogP contribution >= 0.6 is 11.8 Å². The Morgan fingerprint density at radius 2 is 2.32 bits per heavy atom. The highest BCUT2D eigenvalue weighted by atomic mass is 32.2. The van der Waals surface area contributed by atoms with E-state index in [0.29, 0.717) is 6.54 Å². The number of thioether (sulfide) groups is 1. The van der Waals surface area contributed by atoms with Crippen molar-refractivity contribution in [3.63, 3.8) is 0 Å². The number of amides is 1. The van der Waals surface area contributed by atoms with E-state index < -0.39 is 0 Å². The van der Waals surface area contributed by atoms with Gasteiger partial charge in [0.15, 0.2) is 0 Å². The highest BCUT2D eigenvalue weighted by Gasteiger charge is 2.25. The zero-order valence-corrected chi connectivity index (χ0v) is 11.1. The van der Waals surface area contributed by atoms with Crippen LogP contribution in [0.3, 0.4) is 0 Å². The van der Waals surface area contributed by atoms with Crippen molar-refractivity contribution in [3.05, 3.63) is 52.3 Å². The van der Waals surface area contributed by atoms with Crippen molar-refractivity contribution in [3.8, 4) is 0 Å². The van der Waals surface area contributed by atoms with Crippen molar-refractivity contribution >= 4 is 17.7 Å². The molecule has 0 aromatic carbocycles. The Labute approximate surface area is 115 Å². The molecule has 2 aliphatic rings. The fraction of sp³-hybridized carbons (Fsp3) is 0.231. The van der Waals surface area contributed by atoms with Gasteiger partial charge in [-0.3, -0.25) is 15.1 Å². The van der Waals surface area contributed by atoms with E-state index in [4.69, 9.17) is 0 Å². The molecule has 1 aromatic rings. The Hall–Kier alpha value is -1.79. The van der Waals surface area contributed by atoms with E-state index in [1.807, 2.05) is 18.3 Å². The van der Waals surface area contributed by atoms with Crippen molar-refractivity contribution in [2.75, 3.05) is 13.2 Å². The van der Waals surface area contributed by atoms with Crippen LogP contribution in [0.5, 0.6) is 0 Å². The first-order valence-corrected chi connectivity index (χ1v) is 6.89. The summed E-state index contributed by atoms with van der Waals surface area (Å²) < 4.78 is 0. The van der Waals surface area contributed by atoms with Crippen LogP contribution in [0.2, 0.25) is 0 Å². The summed E-state index contributed by atoms with van der Waals surface area (Å²) in [7, 11) is 0. The largest absolute Gasteiger partial charge is 0.347 e. The van der Waals surface area contributed by atoms with Crippen LogP contribution < -0.4 is 10.6 Å². The normalized spacial score (nSPS) is 17.6. The van der Waals surface area contributed by atoms with Gasteiger partial charge in [-0.25, -0.2) is 0 Å². The van der Waals surface area contributed by atoms with E-state index in [9.17, 15) is 4.79 Å². The van der Waals surface area contributed by atoms with Gasteiger partial charge in [0, 0.05) is 31.7 Å². The lowest BCUT2D eigenvalue weighted by Crippen LogP contribution is -2.32. The third-order valence-electron chi connectivity index (χ3n) is 2.90. The highest BCUT2D eigenvalue weighted by Crippen LogP contribution is 2.36. The monoisotopic (exact) mass is 274 g/mol. The summed E-state index contributed by atoms with van der Waals surface area (Å²) in [5.41, 5.74) is 1.05. The zero-order valence-electron chi connectivity index (χ0n) is 10.3. The molecule has 3 rings (SSSR count). The number of hydrogen-bond donors (Lipinski definition) is 2. The average molecular weight is 274 g/mol. The molecule has 0 saturated carbocycles. The molecule has 2 aliphatic heterocycles. The van der Waals surface area contributed by atoms with Gasteiger partial charge in [-0.15, -0.1) is 0 Å². The molecular weight excluding hydrogens is 260 g/mol. The van der Waals surface area contributed by atoms with Crippen molar-refractivity contribution in [1.29, 1.82) is 0 Å². The maximum absolute atomic E-state index is 12.1. The summed E-state index contributed by atoms with van der Waals surface area (Å²) in [5.74, 6) is -0.0305. The molecule has 1 amide bonds. The fourth-order valence-electron chi connectivity index (χ4n) is 1.90. The van der Waals surface area contributed by atoms with E-state index in [0.717, 1.165) is 28.7 Å². The molecular formula is C13H14N4OS. The van der Waals surface area contributed by atoms with E-state index in [1.165, 1.54) is 11.8 Å². The standard InChI is InChI=1S/C13H14N4OS/c18-13(16-7-10-1-4-14-5-2-10)11-8-17-9-15-6-3-12(17)19-11/h1-5,8,15H,6-7,9H2,(H,16,18). The maximum atomic E-state index is 12.1. The SMILES string of the molecule is O=C(NCc1ccncc1)C1=CN2CNCC=C2S1. The van der Waals surface area contributed by atoms with Crippen LogP contribution in [0.15, 0.2) is 46.7 Å². The molecule has 19 heavy (non-hydrogen) atoms. The predicted octanol–water partition coefficient (Wildman–Crippen LogP) is 0.990. The Morgan fingerprint density at radius 1 is 1.47 bits per heavy atom. The maximum Gasteiger partial charge on any atom is 0.259 e. The Morgan fingerprint density at radius 3 is 3.11 bits per heavy atom. The molecule has 6 heteroatoms. The molecule has 0 fully saturated rings. The van der Waals surface area contributed by atoms with Crippen molar-refractivity contribution in [1.82, 2.24) is 20.5 Å². The predicted molar refractivity (Wildman–Crippen MR) is 74.5 cm³/mol. The highest BCUT2D eigenvalue weighted by molar-refractivity contribution is 8.07. The minimum absolute atomic E-state index is 0.0305. The molecule has 0 bridgehead atoms. The van der Waals surface area contributed by atoms with Crippen molar-refractivity contribution in [2.45, 2.75) is 6.54 Å². The van der Waals surface area contributed by atoms with Gasteiger partial charge in [0.2, 0.25) is 0 Å². The second-order valence-corrected chi connectivity index (χ2v) is 5.32. The number of nitrogens with zero attached hydrogens (tertiary/aromatic N) is 2. The number of rotatable bonds is 3. The molecule has 0 unspecified atom stereocenters. The number of pyridine rings is 1. The molecule has 98 valence electrons. The first kappa shape index (κ1) is 12.3. The summed E-state index contributed by atoms with van der Waals surface area (Å²) in [6.07, 6.45) is 7.43. The van der Waals surface area contributed by atoms with Crippen molar-refractivity contribution in [2.24, 2.45) is 0 Å².